The average Bonchev–Trinajstić information content (AvgIpc) is 2.94. The first-order valence-electron chi connectivity index (χ1n) is 4.65. The Balaban J connectivity index is 1.90. The van der Waals surface area contributed by atoms with Crippen LogP contribution in [0.4, 0.5) is 13.2 Å². The predicted octanol–water partition coefficient (Wildman–Crippen LogP) is 2.77. The van der Waals surface area contributed by atoms with Crippen molar-refractivity contribution in [1.82, 2.24) is 10.2 Å². The number of hydrogen-bond acceptors (Lipinski definition) is 3. The Kier molecular flexibility index (Phi) is 3.03. The van der Waals surface area contributed by atoms with Crippen molar-refractivity contribution in [3.8, 4) is 0 Å². The van der Waals surface area contributed by atoms with Crippen LogP contribution in [0.15, 0.2) is 12.3 Å². The molecule has 1 fully saturated rings. The largest absolute Gasteiger partial charge is 0.522 e. The van der Waals surface area contributed by atoms with E-state index in [9.17, 15) is 13.2 Å². The van der Waals surface area contributed by atoms with Crippen molar-refractivity contribution in [3.63, 3.8) is 0 Å². The van der Waals surface area contributed by atoms with E-state index in [1.807, 2.05) is 0 Å². The van der Waals surface area contributed by atoms with E-state index < -0.39 is 6.36 Å². The summed E-state index contributed by atoms with van der Waals surface area (Å²) in [5, 5.41) is 7.46. The molecular weight excluding hydrogens is 245 g/mol. The van der Waals surface area contributed by atoms with E-state index in [4.69, 9.17) is 11.6 Å². The van der Waals surface area contributed by atoms with Crippen LogP contribution < -0.4 is 0 Å². The highest BCUT2D eigenvalue weighted by atomic mass is 35.5. The van der Waals surface area contributed by atoms with Gasteiger partial charge in [0.25, 0.3) is 0 Å². The molecule has 3 nitrogen and oxygen atoms in total. The summed E-state index contributed by atoms with van der Waals surface area (Å²) in [6.45, 7) is -0.327. The van der Waals surface area contributed by atoms with Gasteiger partial charge in [-0.2, -0.15) is 5.10 Å². The summed E-state index contributed by atoms with van der Waals surface area (Å²) in [6, 6.07) is 1.67. The normalized spacial score (nSPS) is 24.5. The first kappa shape index (κ1) is 11.6. The summed E-state index contributed by atoms with van der Waals surface area (Å²) in [7, 11) is 0. The maximum atomic E-state index is 11.8. The fourth-order valence-corrected chi connectivity index (χ4v) is 1.86. The SMILES string of the molecule is FC(F)(F)OC[C@H]1C[C@@H]1c1ccnnc1Cl. The molecule has 0 saturated heterocycles. The fourth-order valence-electron chi connectivity index (χ4n) is 1.61. The van der Waals surface area contributed by atoms with Gasteiger partial charge in [0.2, 0.25) is 0 Å². The second kappa shape index (κ2) is 4.18. The molecule has 0 aromatic carbocycles. The maximum absolute atomic E-state index is 11.8. The monoisotopic (exact) mass is 252 g/mol. The molecule has 0 aliphatic heterocycles. The zero-order valence-corrected chi connectivity index (χ0v) is 8.79. The first-order chi connectivity index (χ1) is 7.47. The summed E-state index contributed by atoms with van der Waals surface area (Å²) in [6.07, 6.45) is -2.45. The number of halogens is 4. The molecule has 1 saturated carbocycles. The van der Waals surface area contributed by atoms with Crippen molar-refractivity contribution in [3.05, 3.63) is 23.0 Å². The number of nitrogens with zero attached hydrogens (tertiary/aromatic N) is 2. The van der Waals surface area contributed by atoms with Gasteiger partial charge < -0.3 is 0 Å². The molecule has 0 unspecified atom stereocenters. The molecule has 0 amide bonds. The first-order valence-corrected chi connectivity index (χ1v) is 5.03. The summed E-state index contributed by atoms with van der Waals surface area (Å²) in [5.74, 6) is -0.131. The molecule has 16 heavy (non-hydrogen) atoms. The standard InChI is InChI=1S/C9H8ClF3N2O/c10-8-6(1-2-14-15-8)7-3-5(7)4-16-9(11,12)13/h1-2,5,7H,3-4H2/t5-,7+/m1/s1. The highest BCUT2D eigenvalue weighted by molar-refractivity contribution is 6.30. The highest BCUT2D eigenvalue weighted by Gasteiger charge is 2.42. The number of hydrogen-bond donors (Lipinski definition) is 0. The Bertz CT molecular complexity index is 385. The lowest BCUT2D eigenvalue weighted by Gasteiger charge is -2.06. The van der Waals surface area contributed by atoms with Gasteiger partial charge in [0.1, 0.15) is 0 Å². The molecule has 0 spiro atoms. The fraction of sp³-hybridized carbons (Fsp3) is 0.556. The van der Waals surface area contributed by atoms with E-state index >= 15 is 0 Å². The van der Waals surface area contributed by atoms with Crippen LogP contribution in [0.2, 0.25) is 5.15 Å². The Labute approximate surface area is 94.6 Å². The van der Waals surface area contributed by atoms with Gasteiger partial charge in [-0.25, -0.2) is 0 Å². The topological polar surface area (TPSA) is 35.0 Å². The zero-order chi connectivity index (χ0) is 11.8. The van der Waals surface area contributed by atoms with Crippen LogP contribution in [0.3, 0.4) is 0 Å². The second-order valence-corrected chi connectivity index (χ2v) is 3.99. The molecule has 1 aliphatic carbocycles. The third-order valence-corrected chi connectivity index (χ3v) is 2.78. The lowest BCUT2D eigenvalue weighted by atomic mass is 10.2. The van der Waals surface area contributed by atoms with E-state index in [1.54, 1.807) is 6.07 Å². The van der Waals surface area contributed by atoms with Gasteiger partial charge in [-0.05, 0) is 29.9 Å². The van der Waals surface area contributed by atoms with E-state index in [1.165, 1.54) is 6.20 Å². The summed E-state index contributed by atoms with van der Waals surface area (Å²) >= 11 is 5.78. The van der Waals surface area contributed by atoms with Gasteiger partial charge in [-0.15, -0.1) is 18.3 Å². The quantitative estimate of drug-likeness (QED) is 0.830. The number of aromatic nitrogens is 2. The Morgan fingerprint density at radius 3 is 2.88 bits per heavy atom. The van der Waals surface area contributed by atoms with Crippen LogP contribution in [0.5, 0.6) is 0 Å². The molecule has 1 heterocycles. The third-order valence-electron chi connectivity index (χ3n) is 2.49. The zero-order valence-electron chi connectivity index (χ0n) is 8.04. The molecule has 0 N–H and O–H groups in total. The van der Waals surface area contributed by atoms with Crippen LogP contribution in [0.1, 0.15) is 17.9 Å². The molecule has 1 aromatic rings. The smallest absolute Gasteiger partial charge is 0.292 e. The third kappa shape index (κ3) is 2.82. The molecule has 0 bridgehead atoms. The van der Waals surface area contributed by atoms with Crippen molar-refractivity contribution < 1.29 is 17.9 Å². The highest BCUT2D eigenvalue weighted by Crippen LogP contribution is 2.49. The van der Waals surface area contributed by atoms with Crippen molar-refractivity contribution in [2.24, 2.45) is 5.92 Å². The van der Waals surface area contributed by atoms with Gasteiger partial charge in [0.05, 0.1) is 6.61 Å². The molecule has 7 heteroatoms. The van der Waals surface area contributed by atoms with Crippen molar-refractivity contribution in [1.29, 1.82) is 0 Å². The van der Waals surface area contributed by atoms with Crippen LogP contribution in [-0.4, -0.2) is 23.2 Å². The van der Waals surface area contributed by atoms with Gasteiger partial charge >= 0.3 is 6.36 Å². The van der Waals surface area contributed by atoms with Crippen molar-refractivity contribution >= 4 is 11.6 Å². The number of rotatable bonds is 3. The summed E-state index contributed by atoms with van der Waals surface area (Å²) < 4.78 is 39.1. The van der Waals surface area contributed by atoms with Crippen molar-refractivity contribution in [2.75, 3.05) is 6.61 Å². The molecule has 1 aliphatic rings. The minimum absolute atomic E-state index is 0.00495. The molecule has 2 atom stereocenters. The van der Waals surface area contributed by atoms with Crippen LogP contribution in [-0.2, 0) is 4.74 Å². The Hall–Kier alpha value is -0.880. The molecule has 1 aromatic heterocycles. The summed E-state index contributed by atoms with van der Waals surface area (Å²) in [4.78, 5) is 0. The van der Waals surface area contributed by atoms with Gasteiger partial charge in [0.15, 0.2) is 5.15 Å². The molecule has 0 radical (unpaired) electrons. The van der Waals surface area contributed by atoms with E-state index in [0.717, 1.165) is 5.56 Å². The predicted molar refractivity (Wildman–Crippen MR) is 49.9 cm³/mol. The minimum Gasteiger partial charge on any atom is -0.292 e. The van der Waals surface area contributed by atoms with Crippen LogP contribution in [0.25, 0.3) is 0 Å². The molecule has 2 rings (SSSR count). The lowest BCUT2D eigenvalue weighted by Crippen LogP contribution is -2.15. The van der Waals surface area contributed by atoms with Crippen LogP contribution >= 0.6 is 11.6 Å². The van der Waals surface area contributed by atoms with E-state index in [0.29, 0.717) is 6.42 Å². The Morgan fingerprint density at radius 1 is 1.50 bits per heavy atom. The maximum Gasteiger partial charge on any atom is 0.522 e. The number of ether oxygens (including phenoxy) is 1. The van der Waals surface area contributed by atoms with Gasteiger partial charge in [-0.3, -0.25) is 4.74 Å². The van der Waals surface area contributed by atoms with Gasteiger partial charge in [0, 0.05) is 6.20 Å². The van der Waals surface area contributed by atoms with Gasteiger partial charge in [-0.1, -0.05) is 11.6 Å². The lowest BCUT2D eigenvalue weighted by molar-refractivity contribution is -0.326. The van der Waals surface area contributed by atoms with E-state index in [2.05, 4.69) is 14.9 Å². The van der Waals surface area contributed by atoms with Crippen molar-refractivity contribution in [2.45, 2.75) is 18.7 Å². The minimum atomic E-state index is -4.56. The average molecular weight is 253 g/mol. The van der Waals surface area contributed by atoms with E-state index in [-0.39, 0.29) is 23.6 Å². The molecule has 88 valence electrons. The Morgan fingerprint density at radius 2 is 2.25 bits per heavy atom. The second-order valence-electron chi connectivity index (χ2n) is 3.64. The number of alkyl halides is 3. The molecular formula is C9H8ClF3N2O. The summed E-state index contributed by atoms with van der Waals surface area (Å²) in [5.41, 5.74) is 0.743. The van der Waals surface area contributed by atoms with Crippen LogP contribution in [0, 0.1) is 5.92 Å².